The van der Waals surface area contributed by atoms with Gasteiger partial charge in [0.1, 0.15) is 0 Å². The van der Waals surface area contributed by atoms with Gasteiger partial charge in [-0.15, -0.1) is 0 Å². The van der Waals surface area contributed by atoms with Crippen LogP contribution >= 0.6 is 7.92 Å². The second kappa shape index (κ2) is 19.1. The van der Waals surface area contributed by atoms with E-state index in [2.05, 4.69) is 0 Å². The summed E-state index contributed by atoms with van der Waals surface area (Å²) >= 11 is 0. The minimum Gasteiger partial charge on any atom is -0.549 e. The summed E-state index contributed by atoms with van der Waals surface area (Å²) in [6.07, 6.45) is 1.24. The van der Waals surface area contributed by atoms with E-state index in [1.807, 2.05) is 0 Å². The Hall–Kier alpha value is 1.72. The van der Waals surface area contributed by atoms with Crippen LogP contribution in [0, 0.1) is 0 Å². The molecular weight excluding hydrogens is 382 g/mol. The number of carboxylic acids is 3. The van der Waals surface area contributed by atoms with Crippen LogP contribution in [0.2, 0.25) is 0 Å². The zero-order valence-corrected chi connectivity index (χ0v) is 22.9. The van der Waals surface area contributed by atoms with Crippen molar-refractivity contribution in [3.8, 4) is 0 Å². The molecule has 13 heteroatoms. The Labute approximate surface area is 216 Å². The molecule has 0 saturated carbocycles. The van der Waals surface area contributed by atoms with Crippen molar-refractivity contribution in [2.24, 2.45) is 0 Å². The van der Waals surface area contributed by atoms with Crippen LogP contribution in [-0.4, -0.2) is 92.2 Å². The quantitative estimate of drug-likeness (QED) is 0.230. The molecular formula is C12H21N3Na3O6P. The number of nitrogens with zero attached hydrogens (tertiary/aromatic N) is 3. The number of hydrogen-bond acceptors (Lipinski definition) is 9. The number of carbonyl (C=O) groups is 3. The molecule has 0 bridgehead atoms. The molecule has 0 rings (SSSR count). The van der Waals surface area contributed by atoms with Crippen LogP contribution in [0.25, 0.3) is 0 Å². The van der Waals surface area contributed by atoms with Crippen molar-refractivity contribution in [3.63, 3.8) is 0 Å². The van der Waals surface area contributed by atoms with Crippen LogP contribution in [0.5, 0.6) is 0 Å². The molecule has 0 saturated heterocycles. The minimum absolute atomic E-state index is 0. The van der Waals surface area contributed by atoms with Gasteiger partial charge in [-0.3, -0.25) is 14.7 Å². The Morgan fingerprint density at radius 1 is 0.640 bits per heavy atom. The third-order valence-corrected chi connectivity index (χ3v) is 5.17. The van der Waals surface area contributed by atoms with Gasteiger partial charge < -0.3 is 29.7 Å². The number of carboxylic acid groups (broad SMARTS) is 3. The number of likely N-dealkylation sites (N-methyl/N-ethyl adjacent to an activating group) is 3. The maximum Gasteiger partial charge on any atom is 1.00 e. The fraction of sp³-hybridized carbons (Fsp3) is 0.750. The van der Waals surface area contributed by atoms with E-state index in [4.69, 9.17) is 0 Å². The van der Waals surface area contributed by atoms with Gasteiger partial charge in [0.05, 0.1) is 17.9 Å². The summed E-state index contributed by atoms with van der Waals surface area (Å²) in [5.74, 6) is -3.61. The third-order valence-electron chi connectivity index (χ3n) is 2.52. The average Bonchev–Trinajstić information content (AvgIpc) is 2.23. The van der Waals surface area contributed by atoms with Crippen molar-refractivity contribution in [2.45, 2.75) is 0 Å². The zero-order chi connectivity index (χ0) is 17.3. The van der Waals surface area contributed by atoms with E-state index in [-0.39, 0.29) is 108 Å². The Kier molecular flexibility index (Phi) is 26.1. The first kappa shape index (κ1) is 34.2. The Balaban J connectivity index is -0.000000735. The molecule has 0 spiro atoms. The molecule has 9 nitrogen and oxygen atoms in total. The van der Waals surface area contributed by atoms with E-state index in [9.17, 15) is 29.7 Å². The van der Waals surface area contributed by atoms with Gasteiger partial charge >= 0.3 is 88.7 Å². The number of carbonyl (C=O) groups excluding carboxylic acids is 3. The second-order valence-electron chi connectivity index (χ2n) is 5.25. The Morgan fingerprint density at radius 3 is 1.00 bits per heavy atom. The van der Waals surface area contributed by atoms with Gasteiger partial charge in [0, 0.05) is 38.5 Å². The van der Waals surface area contributed by atoms with Gasteiger partial charge in [0.15, 0.2) is 0 Å². The van der Waals surface area contributed by atoms with Gasteiger partial charge in [-0.1, -0.05) is 7.92 Å². The summed E-state index contributed by atoms with van der Waals surface area (Å²) in [5, 5.41) is 31.8. The molecule has 0 aliphatic carbocycles. The molecule has 0 aromatic rings. The maximum atomic E-state index is 10.6. The van der Waals surface area contributed by atoms with Gasteiger partial charge in [0.2, 0.25) is 0 Å². The van der Waals surface area contributed by atoms with Gasteiger partial charge in [-0.2, -0.15) is 0 Å². The summed E-state index contributed by atoms with van der Waals surface area (Å²) in [5.41, 5.74) is 0. The van der Waals surface area contributed by atoms with Crippen molar-refractivity contribution in [2.75, 3.05) is 59.6 Å². The molecule has 0 atom stereocenters. The third kappa shape index (κ3) is 21.9. The first-order valence-electron chi connectivity index (χ1n) is 6.47. The number of aliphatic carboxylic acids is 3. The van der Waals surface area contributed by atoms with Crippen LogP contribution in [0.3, 0.4) is 0 Å². The molecule has 0 unspecified atom stereocenters. The maximum absolute atomic E-state index is 10.6. The fourth-order valence-corrected chi connectivity index (χ4v) is 4.59. The first-order valence-corrected chi connectivity index (χ1v) is 8.37. The van der Waals surface area contributed by atoms with E-state index in [1.165, 1.54) is 0 Å². The molecule has 0 N–H and O–H groups in total. The van der Waals surface area contributed by atoms with E-state index < -0.39 is 25.8 Å². The van der Waals surface area contributed by atoms with E-state index in [0.717, 1.165) is 0 Å². The fourth-order valence-electron chi connectivity index (χ4n) is 1.97. The molecule has 0 radical (unpaired) electrons. The van der Waals surface area contributed by atoms with Crippen LogP contribution in [0.4, 0.5) is 0 Å². The van der Waals surface area contributed by atoms with Crippen molar-refractivity contribution in [1.82, 2.24) is 14.7 Å². The molecule has 25 heavy (non-hydrogen) atoms. The van der Waals surface area contributed by atoms with Crippen LogP contribution < -0.4 is 104 Å². The Bertz CT molecular complexity index is 351. The standard InChI is InChI=1S/C12H24N3O6P.3Na/c1-13(4-10(16)17)7-22(8-14(2)5-11(18)19)9-15(3)6-12(20)21;;;/h4-9H2,1-3H3,(H,16,17)(H,18,19)(H,20,21);;;/q;3*+1/p-3. The normalized spacial score (nSPS) is 10.2. The summed E-state index contributed by atoms with van der Waals surface area (Å²) in [7, 11) is 3.97. The van der Waals surface area contributed by atoms with E-state index in [1.54, 1.807) is 35.8 Å². The Morgan fingerprint density at radius 2 is 0.840 bits per heavy atom. The summed E-state index contributed by atoms with van der Waals surface area (Å²) in [4.78, 5) is 36.4. The first-order chi connectivity index (χ1) is 10.1. The van der Waals surface area contributed by atoms with Gasteiger partial charge in [0.25, 0.3) is 0 Å². The van der Waals surface area contributed by atoms with E-state index in [0.29, 0.717) is 18.9 Å². The largest absolute Gasteiger partial charge is 1.00 e. The predicted octanol–water partition coefficient (Wildman–Crippen LogP) is -13.6. The predicted molar refractivity (Wildman–Crippen MR) is 74.4 cm³/mol. The van der Waals surface area contributed by atoms with Crippen molar-refractivity contribution < 1.29 is 118 Å². The number of hydrogen-bond donors (Lipinski definition) is 0. The van der Waals surface area contributed by atoms with Crippen molar-refractivity contribution >= 4 is 25.8 Å². The molecule has 0 fully saturated rings. The molecule has 0 amide bonds. The van der Waals surface area contributed by atoms with Crippen LogP contribution in [-0.2, 0) is 14.4 Å². The smallest absolute Gasteiger partial charge is 0.549 e. The van der Waals surface area contributed by atoms with Crippen LogP contribution in [0.15, 0.2) is 0 Å². The summed E-state index contributed by atoms with van der Waals surface area (Å²) in [6, 6.07) is 0. The molecule has 128 valence electrons. The van der Waals surface area contributed by atoms with Crippen molar-refractivity contribution in [1.29, 1.82) is 0 Å². The monoisotopic (exact) mass is 403 g/mol. The molecule has 0 aromatic heterocycles. The molecule has 0 aliphatic heterocycles. The SMILES string of the molecule is CN(CC(=O)[O-])CP(CN(C)CC(=O)[O-])CN(C)CC(=O)[O-].[Na+].[Na+].[Na+]. The second-order valence-corrected chi connectivity index (χ2v) is 7.44. The topological polar surface area (TPSA) is 130 Å². The summed E-state index contributed by atoms with van der Waals surface area (Å²) < 4.78 is 0. The number of rotatable bonds is 12. The van der Waals surface area contributed by atoms with Crippen molar-refractivity contribution in [3.05, 3.63) is 0 Å². The zero-order valence-electron chi connectivity index (χ0n) is 16.0. The molecule has 0 aliphatic rings. The minimum atomic E-state index is -1.20. The van der Waals surface area contributed by atoms with Gasteiger partial charge in [-0.05, 0) is 21.1 Å². The summed E-state index contributed by atoms with van der Waals surface area (Å²) in [6.45, 7) is -0.728. The average molecular weight is 403 g/mol. The van der Waals surface area contributed by atoms with Gasteiger partial charge in [-0.25, -0.2) is 0 Å². The van der Waals surface area contributed by atoms with Crippen LogP contribution in [0.1, 0.15) is 0 Å². The van der Waals surface area contributed by atoms with E-state index >= 15 is 0 Å². The molecule has 0 aromatic carbocycles. The molecule has 0 heterocycles.